The molecule has 1 N–H and O–H groups in total. The van der Waals surface area contributed by atoms with E-state index in [1.807, 2.05) is 36.4 Å². The Balaban J connectivity index is 1.43. The number of fused-ring (bicyclic) bond motifs is 1. The highest BCUT2D eigenvalue weighted by Crippen LogP contribution is 2.34. The first-order valence-corrected chi connectivity index (χ1v) is 11.7. The highest BCUT2D eigenvalue weighted by atomic mass is 35.5. The van der Waals surface area contributed by atoms with Gasteiger partial charge in [-0.05, 0) is 55.5 Å². The van der Waals surface area contributed by atoms with Crippen molar-refractivity contribution in [3.63, 3.8) is 0 Å². The van der Waals surface area contributed by atoms with Gasteiger partial charge in [0.1, 0.15) is 11.8 Å². The number of hydrogen-bond donors (Lipinski definition) is 1. The molecule has 0 aromatic heterocycles. The van der Waals surface area contributed by atoms with Crippen LogP contribution in [0.1, 0.15) is 42.9 Å². The number of nitrogens with one attached hydrogen (secondary N) is 1. The van der Waals surface area contributed by atoms with E-state index in [4.69, 9.17) is 27.9 Å². The van der Waals surface area contributed by atoms with E-state index in [9.17, 15) is 9.59 Å². The summed E-state index contributed by atoms with van der Waals surface area (Å²) in [5.41, 5.74) is 1.91. The third-order valence-corrected chi connectivity index (χ3v) is 6.54. The maximum atomic E-state index is 13.2. The number of rotatable bonds is 4. The summed E-state index contributed by atoms with van der Waals surface area (Å²) in [6, 6.07) is 12.1. The predicted octanol–water partition coefficient (Wildman–Crippen LogP) is 5.04. The third-order valence-electron chi connectivity index (χ3n) is 6.05. The van der Waals surface area contributed by atoms with Gasteiger partial charge in [-0.15, -0.1) is 0 Å². The van der Waals surface area contributed by atoms with Crippen LogP contribution in [-0.2, 0) is 11.3 Å². The predicted molar refractivity (Wildman–Crippen MR) is 125 cm³/mol. The molecule has 32 heavy (non-hydrogen) atoms. The highest BCUT2D eigenvalue weighted by molar-refractivity contribution is 6.30. The molecule has 2 atom stereocenters. The van der Waals surface area contributed by atoms with Gasteiger partial charge in [0, 0.05) is 35.7 Å². The molecule has 1 saturated heterocycles. The number of urea groups is 1. The van der Waals surface area contributed by atoms with Crippen LogP contribution in [0, 0.1) is 0 Å². The number of nitrogens with zero attached hydrogens (tertiary/aromatic N) is 2. The van der Waals surface area contributed by atoms with Crippen molar-refractivity contribution in [3.8, 4) is 5.75 Å². The first-order chi connectivity index (χ1) is 15.4. The lowest BCUT2D eigenvalue weighted by molar-refractivity contribution is -0.134. The fourth-order valence-electron chi connectivity index (χ4n) is 4.39. The molecule has 2 aliphatic heterocycles. The molecule has 2 heterocycles. The van der Waals surface area contributed by atoms with Crippen molar-refractivity contribution >= 4 is 35.1 Å². The first-order valence-electron chi connectivity index (χ1n) is 10.9. The van der Waals surface area contributed by atoms with E-state index in [-0.39, 0.29) is 18.0 Å². The van der Waals surface area contributed by atoms with Crippen molar-refractivity contribution in [1.82, 2.24) is 15.1 Å². The molecule has 6 nitrogen and oxygen atoms in total. The number of carbonyl (C=O) groups is 2. The standard InChI is InChI=1S/C24H27Cl2N3O3/c1-28(15-16-6-8-17(25)9-7-16)23(30)21-5-2-12-29(21)24(31)27-20-4-3-13-32-22-14-18(26)10-11-19(20)22/h6-11,14,20-21H,2-5,12-13,15H2,1H3,(H,27,31). The Kier molecular flexibility index (Phi) is 7.11. The van der Waals surface area contributed by atoms with Gasteiger partial charge in [-0.2, -0.15) is 0 Å². The van der Waals surface area contributed by atoms with Gasteiger partial charge in [0.25, 0.3) is 0 Å². The van der Waals surface area contributed by atoms with Gasteiger partial charge in [0.15, 0.2) is 0 Å². The molecule has 2 aliphatic rings. The summed E-state index contributed by atoms with van der Waals surface area (Å²) >= 11 is 12.1. The fourth-order valence-corrected chi connectivity index (χ4v) is 4.68. The second-order valence-corrected chi connectivity index (χ2v) is 9.22. The molecule has 2 aromatic rings. The van der Waals surface area contributed by atoms with Gasteiger partial charge >= 0.3 is 6.03 Å². The minimum atomic E-state index is -0.459. The van der Waals surface area contributed by atoms with Crippen LogP contribution in [-0.4, -0.2) is 48.0 Å². The van der Waals surface area contributed by atoms with E-state index in [1.165, 1.54) is 0 Å². The summed E-state index contributed by atoms with van der Waals surface area (Å²) < 4.78 is 5.80. The summed E-state index contributed by atoms with van der Waals surface area (Å²) in [7, 11) is 1.77. The van der Waals surface area contributed by atoms with Gasteiger partial charge in [0.2, 0.25) is 5.91 Å². The second kappa shape index (κ2) is 10.0. The summed E-state index contributed by atoms with van der Waals surface area (Å²) in [5, 5.41) is 4.40. The van der Waals surface area contributed by atoms with Crippen molar-refractivity contribution < 1.29 is 14.3 Å². The van der Waals surface area contributed by atoms with Crippen LogP contribution in [0.3, 0.4) is 0 Å². The van der Waals surface area contributed by atoms with Gasteiger partial charge in [-0.3, -0.25) is 4.79 Å². The largest absolute Gasteiger partial charge is 0.493 e. The van der Waals surface area contributed by atoms with Crippen molar-refractivity contribution in [2.24, 2.45) is 0 Å². The number of halogens is 2. The minimum Gasteiger partial charge on any atom is -0.493 e. The molecular weight excluding hydrogens is 449 g/mol. The van der Waals surface area contributed by atoms with Crippen LogP contribution in [0.5, 0.6) is 5.75 Å². The molecule has 4 rings (SSSR count). The van der Waals surface area contributed by atoms with Crippen LogP contribution in [0.25, 0.3) is 0 Å². The van der Waals surface area contributed by atoms with E-state index < -0.39 is 6.04 Å². The molecule has 170 valence electrons. The van der Waals surface area contributed by atoms with E-state index in [1.54, 1.807) is 22.9 Å². The van der Waals surface area contributed by atoms with Crippen LogP contribution >= 0.6 is 23.2 Å². The molecule has 0 radical (unpaired) electrons. The minimum absolute atomic E-state index is 0.0519. The number of hydrogen-bond acceptors (Lipinski definition) is 3. The average Bonchev–Trinajstić information content (AvgIpc) is 3.19. The summed E-state index contributed by atoms with van der Waals surface area (Å²) in [6.45, 7) is 1.61. The highest BCUT2D eigenvalue weighted by Gasteiger charge is 2.36. The quantitative estimate of drug-likeness (QED) is 0.673. The number of carbonyl (C=O) groups excluding carboxylic acids is 2. The van der Waals surface area contributed by atoms with E-state index in [0.717, 1.165) is 30.4 Å². The number of ether oxygens (including phenoxy) is 1. The van der Waals surface area contributed by atoms with Gasteiger partial charge in [0.05, 0.1) is 12.6 Å². The smallest absolute Gasteiger partial charge is 0.318 e. The van der Waals surface area contributed by atoms with Crippen LogP contribution < -0.4 is 10.1 Å². The van der Waals surface area contributed by atoms with Crippen LogP contribution in [0.2, 0.25) is 10.0 Å². The van der Waals surface area contributed by atoms with Crippen molar-refractivity contribution in [3.05, 3.63) is 63.6 Å². The Hall–Kier alpha value is -2.44. The summed E-state index contributed by atoms with van der Waals surface area (Å²) in [5.74, 6) is 0.654. The lowest BCUT2D eigenvalue weighted by Crippen LogP contribution is -2.50. The van der Waals surface area contributed by atoms with E-state index >= 15 is 0 Å². The third kappa shape index (κ3) is 5.13. The SMILES string of the molecule is CN(Cc1ccc(Cl)cc1)C(=O)C1CCCN1C(=O)NC1CCCOc2cc(Cl)ccc21. The Bertz CT molecular complexity index is 983. The zero-order chi connectivity index (χ0) is 22.7. The molecule has 0 saturated carbocycles. The molecule has 2 unspecified atom stereocenters. The van der Waals surface area contributed by atoms with Gasteiger partial charge in [-0.25, -0.2) is 4.79 Å². The van der Waals surface area contributed by atoms with Gasteiger partial charge in [-0.1, -0.05) is 41.4 Å². The molecular formula is C24H27Cl2N3O3. The first kappa shape index (κ1) is 22.7. The number of likely N-dealkylation sites (tertiary alicyclic amines) is 1. The van der Waals surface area contributed by atoms with Crippen LogP contribution in [0.15, 0.2) is 42.5 Å². The maximum Gasteiger partial charge on any atom is 0.318 e. The lowest BCUT2D eigenvalue weighted by Gasteiger charge is -2.30. The molecule has 8 heteroatoms. The van der Waals surface area contributed by atoms with E-state index in [2.05, 4.69) is 5.32 Å². The summed E-state index contributed by atoms with van der Waals surface area (Å²) in [6.07, 6.45) is 3.06. The second-order valence-electron chi connectivity index (χ2n) is 8.35. The Morgan fingerprint density at radius 1 is 1.09 bits per heavy atom. The molecule has 0 aliphatic carbocycles. The average molecular weight is 476 g/mol. The molecule has 1 fully saturated rings. The maximum absolute atomic E-state index is 13.2. The lowest BCUT2D eigenvalue weighted by atomic mass is 10.0. The van der Waals surface area contributed by atoms with E-state index in [0.29, 0.717) is 41.9 Å². The topological polar surface area (TPSA) is 61.9 Å². The van der Waals surface area contributed by atoms with Gasteiger partial charge < -0.3 is 19.9 Å². The number of amides is 3. The summed E-state index contributed by atoms with van der Waals surface area (Å²) in [4.78, 5) is 29.7. The molecule has 3 amide bonds. The Labute approximate surface area is 198 Å². The molecule has 0 bridgehead atoms. The Morgan fingerprint density at radius 3 is 2.62 bits per heavy atom. The number of likely N-dealkylation sites (N-methyl/N-ethyl adjacent to an activating group) is 1. The molecule has 0 spiro atoms. The molecule has 2 aromatic carbocycles. The fraction of sp³-hybridized carbons (Fsp3) is 0.417. The zero-order valence-electron chi connectivity index (χ0n) is 18.0. The number of benzene rings is 2. The van der Waals surface area contributed by atoms with Crippen molar-refractivity contribution in [2.75, 3.05) is 20.2 Å². The Morgan fingerprint density at radius 2 is 1.84 bits per heavy atom. The van der Waals surface area contributed by atoms with Crippen molar-refractivity contribution in [2.45, 2.75) is 44.3 Å². The monoisotopic (exact) mass is 475 g/mol. The van der Waals surface area contributed by atoms with Crippen molar-refractivity contribution in [1.29, 1.82) is 0 Å². The normalized spacial score (nSPS) is 20.2. The zero-order valence-corrected chi connectivity index (χ0v) is 19.5. The van der Waals surface area contributed by atoms with Crippen LogP contribution in [0.4, 0.5) is 4.79 Å².